The van der Waals surface area contributed by atoms with Gasteiger partial charge in [0.2, 0.25) is 11.8 Å². The monoisotopic (exact) mass is 811 g/mol. The van der Waals surface area contributed by atoms with Crippen LogP contribution in [0.3, 0.4) is 0 Å². The molecule has 8 aromatic rings. The Morgan fingerprint density at radius 2 is 1.59 bits per heavy atom. The Balaban J connectivity index is 1.15. The summed E-state index contributed by atoms with van der Waals surface area (Å²) in [6, 6.07) is 25.6. The summed E-state index contributed by atoms with van der Waals surface area (Å²) in [4.78, 5) is 17.1. The molecule has 1 aliphatic rings. The highest BCUT2D eigenvalue weighted by molar-refractivity contribution is 6.32. The zero-order valence-corrected chi connectivity index (χ0v) is 35.0. The molecule has 0 saturated carbocycles. The summed E-state index contributed by atoms with van der Waals surface area (Å²) in [5.41, 5.74) is 11.1. The van der Waals surface area contributed by atoms with Gasteiger partial charge in [0, 0.05) is 69.6 Å². The minimum Gasteiger partial charge on any atom is -0.494 e. The van der Waals surface area contributed by atoms with E-state index in [2.05, 4.69) is 46.8 Å². The quantitative estimate of drug-likeness (QED) is 0.0818. The van der Waals surface area contributed by atoms with Gasteiger partial charge in [-0.1, -0.05) is 59.6 Å². The van der Waals surface area contributed by atoms with Gasteiger partial charge in [-0.25, -0.2) is 0 Å². The Morgan fingerprint density at radius 3 is 2.29 bits per heavy atom. The number of amides is 1. The molecule has 2 atom stereocenters. The first-order valence-corrected chi connectivity index (χ1v) is 20.3. The molecule has 58 heavy (non-hydrogen) atoms. The van der Waals surface area contributed by atoms with Crippen molar-refractivity contribution in [3.05, 3.63) is 124 Å². The minimum atomic E-state index is -0.713. The third-order valence-corrected chi connectivity index (χ3v) is 12.7. The number of aryl methyl sites for hydroxylation is 6. The highest BCUT2D eigenvalue weighted by Gasteiger charge is 2.42. The van der Waals surface area contributed by atoms with Crippen LogP contribution in [0.15, 0.2) is 89.5 Å². The van der Waals surface area contributed by atoms with Crippen LogP contribution in [0.5, 0.6) is 5.75 Å². The van der Waals surface area contributed by atoms with Gasteiger partial charge < -0.3 is 18.3 Å². The summed E-state index contributed by atoms with van der Waals surface area (Å²) in [5, 5.41) is 16.1. The van der Waals surface area contributed by atoms with Gasteiger partial charge in [0.1, 0.15) is 16.9 Å². The van der Waals surface area contributed by atoms with Crippen molar-refractivity contribution < 1.29 is 13.9 Å². The van der Waals surface area contributed by atoms with Gasteiger partial charge in [-0.2, -0.15) is 5.10 Å². The normalized spacial score (nSPS) is 15.5. The second-order valence-corrected chi connectivity index (χ2v) is 16.1. The Kier molecular flexibility index (Phi) is 9.44. The summed E-state index contributed by atoms with van der Waals surface area (Å²) in [5.74, 6) is 1.44. The number of fused-ring (bicyclic) bond motifs is 4. The second kappa shape index (κ2) is 14.5. The number of nitrogens with zero attached hydrogens (tertiary/aromatic N) is 7. The molecule has 10 nitrogen and oxygen atoms in total. The highest BCUT2D eigenvalue weighted by atomic mass is 35.5. The summed E-state index contributed by atoms with van der Waals surface area (Å²) < 4.78 is 18.5. The SMILES string of the molecule is Cc1cc(OCCCc2c3n(c4c(-c5c(C)nn(C)c5C)cccc24)C(C)[C@@H](Cl)N(c2cn(C)c4ccc(-c5nnc(-c6ccccc6)o5)cc24)C3=O)cc(C)c1Cl. The number of para-hydroxylation sites is 1. The average Bonchev–Trinajstić information content (AvgIpc) is 3.98. The topological polar surface area (TPSA) is 96.1 Å². The van der Waals surface area contributed by atoms with E-state index in [0.717, 1.165) is 82.9 Å². The molecule has 1 amide bonds. The number of anilines is 1. The van der Waals surface area contributed by atoms with Crippen LogP contribution < -0.4 is 9.64 Å². The van der Waals surface area contributed by atoms with Gasteiger partial charge in [0.05, 0.1) is 29.5 Å². The molecule has 12 heteroatoms. The largest absolute Gasteiger partial charge is 0.494 e. The summed E-state index contributed by atoms with van der Waals surface area (Å²) in [6.45, 7) is 10.6. The maximum atomic E-state index is 15.4. The minimum absolute atomic E-state index is 0.165. The molecule has 0 aliphatic carbocycles. The number of halogens is 2. The van der Waals surface area contributed by atoms with Crippen LogP contribution in [-0.2, 0) is 20.5 Å². The molecule has 4 aromatic heterocycles. The van der Waals surface area contributed by atoms with E-state index in [1.165, 1.54) is 0 Å². The number of aromatic nitrogens is 6. The summed E-state index contributed by atoms with van der Waals surface area (Å²) >= 11 is 14.0. The molecule has 1 unspecified atom stereocenters. The second-order valence-electron chi connectivity index (χ2n) is 15.3. The number of ether oxygens (including phenoxy) is 1. The van der Waals surface area contributed by atoms with Crippen molar-refractivity contribution in [3.63, 3.8) is 0 Å². The Hall–Kier alpha value is -5.84. The first-order chi connectivity index (χ1) is 27.9. The first kappa shape index (κ1) is 37.7. The van der Waals surface area contributed by atoms with Gasteiger partial charge in [-0.15, -0.1) is 10.2 Å². The van der Waals surface area contributed by atoms with E-state index in [0.29, 0.717) is 42.6 Å². The molecule has 9 rings (SSSR count). The van der Waals surface area contributed by atoms with Crippen LogP contribution >= 0.6 is 23.2 Å². The Morgan fingerprint density at radius 1 is 0.862 bits per heavy atom. The lowest BCUT2D eigenvalue weighted by atomic mass is 9.98. The standard InChI is InChI=1S/C46H43Cl2N7O3/c1-25-21-32(22-26(2)40(25)47)57-20-12-17-34-33-15-11-16-35(39-27(3)51-53(7)28(39)4)41(33)54-29(5)43(48)55(46(56)42(34)54)38-24-52(6)37-19-18-31(23-36(37)38)45-50-49-44(58-45)30-13-9-8-10-14-30/h8-11,13-16,18-19,21-24,29,43H,12,17,20H2,1-7H3/t29?,43-/m0/s1. The van der Waals surface area contributed by atoms with Crippen LogP contribution in [0.4, 0.5) is 5.69 Å². The van der Waals surface area contributed by atoms with Crippen molar-refractivity contribution >= 4 is 56.6 Å². The number of alkyl halides is 1. The Labute approximate surface area is 346 Å². The van der Waals surface area contributed by atoms with Crippen LogP contribution in [-0.4, -0.2) is 47.1 Å². The van der Waals surface area contributed by atoms with Gasteiger partial charge in [-0.05, 0) is 107 Å². The lowest BCUT2D eigenvalue weighted by Gasteiger charge is -2.38. The number of carbonyl (C=O) groups is 1. The average molecular weight is 813 g/mol. The predicted octanol–water partition coefficient (Wildman–Crippen LogP) is 10.9. The van der Waals surface area contributed by atoms with Gasteiger partial charge >= 0.3 is 0 Å². The van der Waals surface area contributed by atoms with Crippen molar-refractivity contribution in [1.29, 1.82) is 0 Å². The van der Waals surface area contributed by atoms with Crippen molar-refractivity contribution in [3.8, 4) is 39.8 Å². The van der Waals surface area contributed by atoms with E-state index in [9.17, 15) is 0 Å². The summed E-state index contributed by atoms with van der Waals surface area (Å²) in [6.07, 6.45) is 3.27. The van der Waals surface area contributed by atoms with Crippen molar-refractivity contribution in [1.82, 2.24) is 29.1 Å². The van der Waals surface area contributed by atoms with Crippen molar-refractivity contribution in [2.24, 2.45) is 14.1 Å². The molecule has 4 aromatic carbocycles. The maximum absolute atomic E-state index is 15.4. The van der Waals surface area contributed by atoms with E-state index in [1.807, 2.05) is 111 Å². The molecule has 0 radical (unpaired) electrons. The fraction of sp³-hybridized carbons (Fsp3) is 0.261. The molecule has 0 saturated heterocycles. The molecule has 1 aliphatic heterocycles. The zero-order chi connectivity index (χ0) is 40.6. The fourth-order valence-electron chi connectivity index (χ4n) is 8.66. The van der Waals surface area contributed by atoms with Crippen molar-refractivity contribution in [2.45, 2.75) is 59.0 Å². The van der Waals surface area contributed by atoms with Gasteiger partial charge in [0.25, 0.3) is 5.91 Å². The van der Waals surface area contributed by atoms with E-state index in [4.69, 9.17) is 37.5 Å². The van der Waals surface area contributed by atoms with Gasteiger partial charge in [0.15, 0.2) is 0 Å². The number of rotatable bonds is 9. The smallest absolute Gasteiger partial charge is 0.276 e. The van der Waals surface area contributed by atoms with Crippen LogP contribution in [0.1, 0.15) is 58.0 Å². The molecular weight excluding hydrogens is 769 g/mol. The lowest BCUT2D eigenvalue weighted by Crippen LogP contribution is -2.47. The molecule has 0 N–H and O–H groups in total. The molecule has 5 heterocycles. The van der Waals surface area contributed by atoms with Crippen molar-refractivity contribution in [2.75, 3.05) is 11.5 Å². The third-order valence-electron chi connectivity index (χ3n) is 11.6. The number of hydrogen-bond acceptors (Lipinski definition) is 6. The van der Waals surface area contributed by atoms with E-state index < -0.39 is 5.50 Å². The van der Waals surface area contributed by atoms with E-state index in [1.54, 1.807) is 4.90 Å². The third kappa shape index (κ3) is 6.08. The first-order valence-electron chi connectivity index (χ1n) is 19.4. The maximum Gasteiger partial charge on any atom is 0.276 e. The number of benzene rings is 4. The molecular formula is C46H43Cl2N7O3. The summed E-state index contributed by atoms with van der Waals surface area (Å²) in [7, 11) is 3.94. The van der Waals surface area contributed by atoms with Crippen LogP contribution in [0.25, 0.3) is 55.8 Å². The molecule has 0 fully saturated rings. The Bertz CT molecular complexity index is 2880. The lowest BCUT2D eigenvalue weighted by molar-refractivity contribution is 0.0951. The predicted molar refractivity (Wildman–Crippen MR) is 231 cm³/mol. The van der Waals surface area contributed by atoms with Gasteiger partial charge in [-0.3, -0.25) is 14.4 Å². The molecule has 0 bridgehead atoms. The van der Waals surface area contributed by atoms with E-state index >= 15 is 4.79 Å². The number of carbonyl (C=O) groups excluding carboxylic acids is 1. The molecule has 294 valence electrons. The zero-order valence-electron chi connectivity index (χ0n) is 33.5. The number of hydrogen-bond donors (Lipinski definition) is 0. The molecule has 0 spiro atoms. The van der Waals surface area contributed by atoms with Crippen LogP contribution in [0, 0.1) is 27.7 Å². The van der Waals surface area contributed by atoms with Crippen LogP contribution in [0.2, 0.25) is 5.02 Å². The van der Waals surface area contributed by atoms with E-state index in [-0.39, 0.29) is 11.9 Å². The highest BCUT2D eigenvalue weighted by Crippen LogP contribution is 2.46. The fourth-order valence-corrected chi connectivity index (χ4v) is 9.07.